The van der Waals surface area contributed by atoms with Crippen molar-refractivity contribution in [1.29, 1.82) is 0 Å². The Bertz CT molecular complexity index is 1230. The van der Waals surface area contributed by atoms with Gasteiger partial charge in [0.05, 0.1) is 18.2 Å². The zero-order chi connectivity index (χ0) is 22.2. The zero-order valence-electron chi connectivity index (χ0n) is 18.0. The van der Waals surface area contributed by atoms with Gasteiger partial charge in [0, 0.05) is 10.4 Å². The molecule has 1 aromatic heterocycles. The number of aliphatic hydroxyl groups excluding tert-OH is 1. The Morgan fingerprint density at radius 1 is 1.03 bits per heavy atom. The van der Waals surface area contributed by atoms with Crippen LogP contribution in [0.15, 0.2) is 65.6 Å². The first-order chi connectivity index (χ1) is 15.5. The molecule has 3 aromatic rings. The van der Waals surface area contributed by atoms with E-state index in [1.54, 1.807) is 16.2 Å². The van der Waals surface area contributed by atoms with Crippen molar-refractivity contribution in [2.24, 2.45) is 0 Å². The monoisotopic (exact) mass is 443 g/mol. The molecule has 1 fully saturated rings. The number of Topliss-reactive ketones (excluding diaryl/α,β-unsaturated/α-hetero) is 1. The maximum absolute atomic E-state index is 13.2. The lowest BCUT2D eigenvalue weighted by Crippen LogP contribution is -2.29. The number of carbonyl (C=O) groups excluding carboxylic acids is 2. The number of aliphatic hydroxyl groups is 1. The number of hydrogen-bond acceptors (Lipinski definition) is 4. The van der Waals surface area contributed by atoms with E-state index in [2.05, 4.69) is 0 Å². The second-order valence-corrected chi connectivity index (χ2v) is 9.59. The Hall–Kier alpha value is -3.18. The van der Waals surface area contributed by atoms with Crippen molar-refractivity contribution >= 4 is 28.8 Å². The predicted molar refractivity (Wildman–Crippen MR) is 126 cm³/mol. The molecule has 1 unspecified atom stereocenters. The molecule has 1 N–H and O–H groups in total. The van der Waals surface area contributed by atoms with E-state index in [-0.39, 0.29) is 11.3 Å². The average Bonchev–Trinajstić information content (AvgIpc) is 3.41. The third-order valence-corrected chi connectivity index (χ3v) is 7.41. The van der Waals surface area contributed by atoms with Gasteiger partial charge in [0.25, 0.3) is 11.7 Å². The summed E-state index contributed by atoms with van der Waals surface area (Å²) in [6, 6.07) is 17.0. The number of fused-ring (bicyclic) bond motifs is 1. The van der Waals surface area contributed by atoms with Crippen LogP contribution in [-0.2, 0) is 29.0 Å². The third kappa shape index (κ3) is 3.56. The highest BCUT2D eigenvalue weighted by atomic mass is 32.1. The van der Waals surface area contributed by atoms with Crippen molar-refractivity contribution in [2.45, 2.75) is 45.2 Å². The fourth-order valence-electron chi connectivity index (χ4n) is 4.87. The Balaban J connectivity index is 1.65. The van der Waals surface area contributed by atoms with E-state index in [4.69, 9.17) is 0 Å². The second kappa shape index (κ2) is 8.40. The van der Waals surface area contributed by atoms with E-state index < -0.39 is 17.7 Å². The molecular weight excluding hydrogens is 418 g/mol. The summed E-state index contributed by atoms with van der Waals surface area (Å²) in [5.74, 6) is -1.27. The van der Waals surface area contributed by atoms with Crippen LogP contribution in [0.3, 0.4) is 0 Å². The van der Waals surface area contributed by atoms with Gasteiger partial charge >= 0.3 is 0 Å². The summed E-state index contributed by atoms with van der Waals surface area (Å²) < 4.78 is 0. The summed E-state index contributed by atoms with van der Waals surface area (Å²) in [7, 11) is 0. The minimum absolute atomic E-state index is 0.0846. The van der Waals surface area contributed by atoms with Crippen LogP contribution in [0.1, 0.15) is 51.6 Å². The molecule has 1 aliphatic heterocycles. The number of aryl methyl sites for hydroxylation is 3. The van der Waals surface area contributed by atoms with Crippen molar-refractivity contribution in [2.75, 3.05) is 0 Å². The maximum atomic E-state index is 13.2. The van der Waals surface area contributed by atoms with Crippen molar-refractivity contribution in [3.8, 4) is 0 Å². The number of hydrogen-bond donors (Lipinski definition) is 1. The Morgan fingerprint density at radius 3 is 2.56 bits per heavy atom. The number of thiophene rings is 1. The van der Waals surface area contributed by atoms with E-state index in [1.165, 1.54) is 17.5 Å². The number of nitrogens with zero attached hydrogens (tertiary/aromatic N) is 1. The standard InChI is InChI=1S/C27H25NO3S/c1-17-7-2-5-11-22(17)24-23(26(30)27(31)28(24)16-21-10-6-14-32-21)25(29)20-13-12-18-8-3-4-9-19(18)15-20/h2,5-7,10-15,24,29H,3-4,8-9,16H2,1H3/b25-23+. The number of benzene rings is 2. The molecule has 1 amide bonds. The summed E-state index contributed by atoms with van der Waals surface area (Å²) in [6.45, 7) is 2.31. The molecule has 1 atom stereocenters. The maximum Gasteiger partial charge on any atom is 0.295 e. The Morgan fingerprint density at radius 2 is 1.81 bits per heavy atom. The van der Waals surface area contributed by atoms with Crippen LogP contribution in [0.4, 0.5) is 0 Å². The Kier molecular flexibility index (Phi) is 5.43. The van der Waals surface area contributed by atoms with Gasteiger partial charge in [-0.25, -0.2) is 0 Å². The SMILES string of the molecule is Cc1ccccc1C1/C(=C(\O)c2ccc3c(c2)CCCC3)C(=O)C(=O)N1Cc1cccs1. The third-order valence-electron chi connectivity index (χ3n) is 6.55. The molecule has 2 aromatic carbocycles. The lowest BCUT2D eigenvalue weighted by atomic mass is 9.88. The van der Waals surface area contributed by atoms with Crippen molar-refractivity contribution in [1.82, 2.24) is 4.90 Å². The van der Waals surface area contributed by atoms with Crippen molar-refractivity contribution in [3.63, 3.8) is 0 Å². The van der Waals surface area contributed by atoms with Gasteiger partial charge in [-0.05, 0) is 72.4 Å². The molecule has 1 aliphatic carbocycles. The van der Waals surface area contributed by atoms with Crippen molar-refractivity contribution < 1.29 is 14.7 Å². The van der Waals surface area contributed by atoms with Gasteiger partial charge in [-0.1, -0.05) is 42.5 Å². The molecule has 0 bridgehead atoms. The number of rotatable bonds is 4. The van der Waals surface area contributed by atoms with Gasteiger partial charge in [-0.15, -0.1) is 11.3 Å². The quantitative estimate of drug-likeness (QED) is 0.326. The fraction of sp³-hybridized carbons (Fsp3) is 0.259. The minimum atomic E-state index is -0.620. The van der Waals surface area contributed by atoms with Gasteiger partial charge < -0.3 is 10.0 Å². The summed E-state index contributed by atoms with van der Waals surface area (Å²) >= 11 is 1.55. The van der Waals surface area contributed by atoms with E-state index >= 15 is 0 Å². The fourth-order valence-corrected chi connectivity index (χ4v) is 5.57. The van der Waals surface area contributed by atoms with Crippen LogP contribution in [0, 0.1) is 6.92 Å². The molecule has 4 nitrogen and oxygen atoms in total. The molecule has 32 heavy (non-hydrogen) atoms. The van der Waals surface area contributed by atoms with Crippen LogP contribution in [0.5, 0.6) is 0 Å². The first kappa shape index (κ1) is 20.7. The van der Waals surface area contributed by atoms with Crippen LogP contribution in [0.2, 0.25) is 0 Å². The largest absolute Gasteiger partial charge is 0.507 e. The highest BCUT2D eigenvalue weighted by molar-refractivity contribution is 7.09. The smallest absolute Gasteiger partial charge is 0.295 e. The van der Waals surface area contributed by atoms with Gasteiger partial charge in [0.2, 0.25) is 0 Å². The summed E-state index contributed by atoms with van der Waals surface area (Å²) in [4.78, 5) is 29.0. The van der Waals surface area contributed by atoms with Crippen LogP contribution >= 0.6 is 11.3 Å². The lowest BCUT2D eigenvalue weighted by Gasteiger charge is -2.26. The van der Waals surface area contributed by atoms with Gasteiger partial charge in [-0.2, -0.15) is 0 Å². The highest BCUT2D eigenvalue weighted by Crippen LogP contribution is 2.42. The number of ketones is 1. The first-order valence-electron chi connectivity index (χ1n) is 11.0. The van der Waals surface area contributed by atoms with Gasteiger partial charge in [0.1, 0.15) is 5.76 Å². The molecule has 5 heteroatoms. The Labute approximate surface area is 191 Å². The van der Waals surface area contributed by atoms with E-state index in [0.29, 0.717) is 12.1 Å². The molecule has 2 aliphatic rings. The normalized spacial score (nSPS) is 19.9. The van der Waals surface area contributed by atoms with Crippen LogP contribution < -0.4 is 0 Å². The molecule has 0 saturated carbocycles. The molecule has 1 saturated heterocycles. The molecule has 5 rings (SSSR count). The lowest BCUT2D eigenvalue weighted by molar-refractivity contribution is -0.140. The number of carbonyl (C=O) groups is 2. The zero-order valence-corrected chi connectivity index (χ0v) is 18.8. The summed E-state index contributed by atoms with van der Waals surface area (Å²) in [5.41, 5.74) is 5.16. The highest BCUT2D eigenvalue weighted by Gasteiger charge is 2.46. The second-order valence-electron chi connectivity index (χ2n) is 8.55. The van der Waals surface area contributed by atoms with Crippen molar-refractivity contribution in [3.05, 3.63) is 98.2 Å². The molecular formula is C27H25NO3S. The van der Waals surface area contributed by atoms with E-state index in [0.717, 1.165) is 35.3 Å². The topological polar surface area (TPSA) is 57.6 Å². The number of amides is 1. The molecule has 0 spiro atoms. The summed E-state index contributed by atoms with van der Waals surface area (Å²) in [5, 5.41) is 13.3. The van der Waals surface area contributed by atoms with E-state index in [1.807, 2.05) is 66.9 Å². The number of likely N-dealkylation sites (tertiary alicyclic amines) is 1. The van der Waals surface area contributed by atoms with E-state index in [9.17, 15) is 14.7 Å². The molecule has 0 radical (unpaired) electrons. The average molecular weight is 444 g/mol. The van der Waals surface area contributed by atoms with Gasteiger partial charge in [-0.3, -0.25) is 9.59 Å². The van der Waals surface area contributed by atoms with Crippen LogP contribution in [0.25, 0.3) is 5.76 Å². The van der Waals surface area contributed by atoms with Gasteiger partial charge in [0.15, 0.2) is 0 Å². The molecule has 2 heterocycles. The first-order valence-corrected chi connectivity index (χ1v) is 11.9. The predicted octanol–water partition coefficient (Wildman–Crippen LogP) is 5.56. The minimum Gasteiger partial charge on any atom is -0.507 e. The molecule has 162 valence electrons. The summed E-state index contributed by atoms with van der Waals surface area (Å²) in [6.07, 6.45) is 4.33. The van der Waals surface area contributed by atoms with Crippen LogP contribution in [-0.4, -0.2) is 21.7 Å².